The average Bonchev–Trinajstić information content (AvgIpc) is 2.37. The van der Waals surface area contributed by atoms with Crippen LogP contribution >= 0.6 is 0 Å². The Balaban J connectivity index is 1.61. The van der Waals surface area contributed by atoms with Crippen LogP contribution in [0.5, 0.6) is 0 Å². The topological polar surface area (TPSA) is 0 Å². The van der Waals surface area contributed by atoms with Crippen molar-refractivity contribution in [2.45, 2.75) is 73.8 Å². The molecule has 2 rings (SSSR count). The van der Waals surface area contributed by atoms with Crippen LogP contribution in [-0.2, 0) is 0 Å². The molecule has 0 bridgehead atoms. The van der Waals surface area contributed by atoms with Crippen molar-refractivity contribution < 1.29 is 0 Å². The molecule has 0 aromatic heterocycles. The molecule has 0 unspecified atom stereocenters. The Morgan fingerprint density at radius 1 is 0.562 bits per heavy atom. The van der Waals surface area contributed by atoms with Crippen molar-refractivity contribution in [3.8, 4) is 9.64 Å². The Bertz CT molecular complexity index is 215. The van der Waals surface area contributed by atoms with E-state index in [1.54, 1.807) is 0 Å². The van der Waals surface area contributed by atoms with Crippen LogP contribution in [0.3, 0.4) is 0 Å². The maximum absolute atomic E-state index is 3.54. The van der Waals surface area contributed by atoms with E-state index in [4.69, 9.17) is 0 Å². The predicted octanol–water partition coefficient (Wildman–Crippen LogP) is 3.82. The normalized spacial score (nSPS) is 23.8. The molecule has 2 fully saturated rings. The zero-order valence-electron chi connectivity index (χ0n) is 10.0. The molecule has 0 saturated heterocycles. The second-order valence-electron chi connectivity index (χ2n) is 4.96. The number of hydrogen-bond donors (Lipinski definition) is 0. The summed E-state index contributed by atoms with van der Waals surface area (Å²) in [7, 11) is 0. The van der Waals surface area contributed by atoms with Crippen LogP contribution in [0.25, 0.3) is 0 Å². The minimum atomic E-state index is 0.650. The monoisotopic (exact) mass is 350 g/mol. The molecule has 0 aromatic carbocycles. The summed E-state index contributed by atoms with van der Waals surface area (Å²) in [6.07, 6.45) is 14.8. The summed E-state index contributed by atoms with van der Waals surface area (Å²) in [5.41, 5.74) is 0. The molecule has 0 radical (unpaired) electrons. The van der Waals surface area contributed by atoms with Gasteiger partial charge in [0.25, 0.3) is 0 Å². The van der Waals surface area contributed by atoms with Gasteiger partial charge in [0.1, 0.15) is 0 Å². The third kappa shape index (κ3) is 4.85. The molecule has 2 saturated carbocycles. The molecule has 2 aliphatic carbocycles. The van der Waals surface area contributed by atoms with Gasteiger partial charge >= 0.3 is 113 Å². The molecule has 90 valence electrons. The van der Waals surface area contributed by atoms with Gasteiger partial charge in [0.15, 0.2) is 0 Å². The molecule has 2 heteroatoms. The number of hydrogen-bond acceptors (Lipinski definition) is 0. The minimum absolute atomic E-state index is 0.650. The standard InChI is InChI=1S/C14H22Se2/c1-3-7-13(8-4-1)15-11-12-16-14-9-5-2-6-10-14/h13-14H,1-10H2. The Morgan fingerprint density at radius 3 is 1.31 bits per heavy atom. The van der Waals surface area contributed by atoms with Gasteiger partial charge in [0, 0.05) is 0 Å². The molecule has 0 spiro atoms. The summed E-state index contributed by atoms with van der Waals surface area (Å²) in [4.78, 5) is 9.11. The maximum atomic E-state index is 3.54. The first-order valence-electron chi connectivity index (χ1n) is 6.76. The van der Waals surface area contributed by atoms with Crippen molar-refractivity contribution >= 4 is 29.9 Å². The molecule has 0 atom stereocenters. The van der Waals surface area contributed by atoms with E-state index < -0.39 is 0 Å². The van der Waals surface area contributed by atoms with Crippen LogP contribution in [0.1, 0.15) is 64.2 Å². The Labute approximate surface area is 113 Å². The third-order valence-electron chi connectivity index (χ3n) is 3.60. The average molecular weight is 348 g/mol. The van der Waals surface area contributed by atoms with Gasteiger partial charge in [-0.05, 0) is 0 Å². The molecule has 2 aliphatic rings. The summed E-state index contributed by atoms with van der Waals surface area (Å²) >= 11 is 1.30. The first kappa shape index (κ1) is 13.0. The van der Waals surface area contributed by atoms with Gasteiger partial charge in [-0.15, -0.1) is 0 Å². The quantitative estimate of drug-likeness (QED) is 0.526. The summed E-state index contributed by atoms with van der Waals surface area (Å²) in [5, 5.41) is 0. The van der Waals surface area contributed by atoms with Gasteiger partial charge in [0.05, 0.1) is 0 Å². The van der Waals surface area contributed by atoms with Crippen LogP contribution < -0.4 is 0 Å². The zero-order valence-corrected chi connectivity index (χ0v) is 13.5. The second-order valence-corrected chi connectivity index (χ2v) is 9.60. The van der Waals surface area contributed by atoms with E-state index in [0.29, 0.717) is 29.9 Å². The van der Waals surface area contributed by atoms with Crippen LogP contribution in [0.4, 0.5) is 0 Å². The summed E-state index contributed by atoms with van der Waals surface area (Å²) < 4.78 is 0. The van der Waals surface area contributed by atoms with Gasteiger partial charge in [0.2, 0.25) is 0 Å². The van der Waals surface area contributed by atoms with Crippen molar-refractivity contribution in [1.29, 1.82) is 0 Å². The van der Waals surface area contributed by atoms with Crippen molar-refractivity contribution in [3.63, 3.8) is 0 Å². The van der Waals surface area contributed by atoms with Crippen molar-refractivity contribution in [2.24, 2.45) is 0 Å². The molecule has 0 nitrogen and oxygen atoms in total. The van der Waals surface area contributed by atoms with Crippen molar-refractivity contribution in [2.75, 3.05) is 0 Å². The van der Waals surface area contributed by atoms with Crippen LogP contribution in [0.2, 0.25) is 9.63 Å². The van der Waals surface area contributed by atoms with Crippen LogP contribution in [0, 0.1) is 9.64 Å². The number of rotatable bonds is 2. The van der Waals surface area contributed by atoms with Gasteiger partial charge in [-0.1, -0.05) is 0 Å². The first-order chi connectivity index (χ1) is 7.95. The van der Waals surface area contributed by atoms with Crippen LogP contribution in [0.15, 0.2) is 0 Å². The Kier molecular flexibility index (Phi) is 6.39. The van der Waals surface area contributed by atoms with E-state index >= 15 is 0 Å². The zero-order chi connectivity index (χ0) is 11.1. The Morgan fingerprint density at radius 2 is 0.938 bits per heavy atom. The summed E-state index contributed by atoms with van der Waals surface area (Å²) in [6, 6.07) is 0. The summed E-state index contributed by atoms with van der Waals surface area (Å²) in [6.45, 7) is 0. The predicted molar refractivity (Wildman–Crippen MR) is 73.0 cm³/mol. The van der Waals surface area contributed by atoms with E-state index in [1.165, 1.54) is 64.2 Å². The van der Waals surface area contributed by atoms with Gasteiger partial charge < -0.3 is 0 Å². The van der Waals surface area contributed by atoms with Crippen molar-refractivity contribution in [1.82, 2.24) is 0 Å². The molecule has 0 aliphatic heterocycles. The molecule has 16 heavy (non-hydrogen) atoms. The third-order valence-corrected chi connectivity index (χ3v) is 8.55. The molecule has 0 N–H and O–H groups in total. The first-order valence-corrected chi connectivity index (χ1v) is 10.5. The fraction of sp³-hybridized carbons (Fsp3) is 0.857. The van der Waals surface area contributed by atoms with E-state index in [1.807, 2.05) is 0 Å². The van der Waals surface area contributed by atoms with Gasteiger partial charge in [-0.2, -0.15) is 0 Å². The molecular weight excluding hydrogens is 326 g/mol. The fourth-order valence-corrected chi connectivity index (χ4v) is 6.92. The van der Waals surface area contributed by atoms with Gasteiger partial charge in [-0.25, -0.2) is 0 Å². The van der Waals surface area contributed by atoms with E-state index in [0.717, 1.165) is 9.63 Å². The second kappa shape index (κ2) is 7.84. The van der Waals surface area contributed by atoms with Gasteiger partial charge in [-0.3, -0.25) is 0 Å². The Hall–Kier alpha value is 0.599. The van der Waals surface area contributed by atoms with E-state index in [-0.39, 0.29) is 0 Å². The van der Waals surface area contributed by atoms with Crippen molar-refractivity contribution in [3.05, 3.63) is 0 Å². The molecule has 0 heterocycles. The molecule has 0 aromatic rings. The SMILES string of the molecule is C(#C[Se]C1CCCCC1)[Se]C1CCCCC1. The fourth-order valence-electron chi connectivity index (χ4n) is 2.58. The molecular formula is C14H22Se2. The van der Waals surface area contributed by atoms with E-state index in [9.17, 15) is 0 Å². The molecule has 0 amide bonds. The summed E-state index contributed by atoms with van der Waals surface area (Å²) in [5.74, 6) is 0. The van der Waals surface area contributed by atoms with Crippen LogP contribution in [-0.4, -0.2) is 29.9 Å². The van der Waals surface area contributed by atoms with E-state index in [2.05, 4.69) is 9.64 Å².